The lowest BCUT2D eigenvalue weighted by Crippen LogP contribution is -2.09. The Labute approximate surface area is 72.9 Å². The molecule has 0 radical (unpaired) electrons. The van der Waals surface area contributed by atoms with E-state index in [9.17, 15) is 4.79 Å². The summed E-state index contributed by atoms with van der Waals surface area (Å²) in [5.41, 5.74) is 0.783. The highest BCUT2D eigenvalue weighted by molar-refractivity contribution is 5.01. The summed E-state index contributed by atoms with van der Waals surface area (Å²) in [5, 5.41) is 0. The van der Waals surface area contributed by atoms with Crippen LogP contribution in [0.2, 0.25) is 0 Å². The van der Waals surface area contributed by atoms with E-state index in [4.69, 9.17) is 0 Å². The van der Waals surface area contributed by atoms with E-state index in [1.165, 1.54) is 6.07 Å². The summed E-state index contributed by atoms with van der Waals surface area (Å²) in [7, 11) is 0. The summed E-state index contributed by atoms with van der Waals surface area (Å²) in [6, 6.07) is 1.52. The molecule has 1 N–H and O–H groups in total. The van der Waals surface area contributed by atoms with Crippen molar-refractivity contribution in [1.82, 2.24) is 9.97 Å². The van der Waals surface area contributed by atoms with Gasteiger partial charge in [-0.15, -0.1) is 0 Å². The second-order valence-corrected chi connectivity index (χ2v) is 2.18. The van der Waals surface area contributed by atoms with Crippen LogP contribution in [0.4, 0.5) is 0 Å². The molecule has 3 heteroatoms. The summed E-state index contributed by atoms with van der Waals surface area (Å²) in [6.45, 7) is 7.75. The molecule has 0 aliphatic carbocycles. The fraction of sp³-hybridized carbons (Fsp3) is 0.556. The lowest BCUT2D eigenvalue weighted by molar-refractivity contribution is 0.929. The van der Waals surface area contributed by atoms with E-state index in [1.54, 1.807) is 6.92 Å². The largest absolute Gasteiger partial charge is 0.311 e. The van der Waals surface area contributed by atoms with Gasteiger partial charge in [-0.25, -0.2) is 4.98 Å². The summed E-state index contributed by atoms with van der Waals surface area (Å²) in [5.74, 6) is 0.685. The van der Waals surface area contributed by atoms with Gasteiger partial charge in [-0.3, -0.25) is 4.79 Å². The molecule has 0 unspecified atom stereocenters. The molecule has 0 amide bonds. The Morgan fingerprint density at radius 2 is 2.08 bits per heavy atom. The summed E-state index contributed by atoms with van der Waals surface area (Å²) >= 11 is 0. The fourth-order valence-electron chi connectivity index (χ4n) is 0.822. The average molecular weight is 168 g/mol. The predicted molar refractivity (Wildman–Crippen MR) is 50.3 cm³/mol. The summed E-state index contributed by atoms with van der Waals surface area (Å²) in [4.78, 5) is 17.4. The van der Waals surface area contributed by atoms with Gasteiger partial charge in [0, 0.05) is 11.8 Å². The van der Waals surface area contributed by atoms with E-state index in [0.717, 1.165) is 12.1 Å². The smallest absolute Gasteiger partial charge is 0.251 e. The van der Waals surface area contributed by atoms with Gasteiger partial charge in [0.25, 0.3) is 5.56 Å². The molecule has 0 atom stereocenters. The van der Waals surface area contributed by atoms with Gasteiger partial charge in [-0.05, 0) is 13.3 Å². The van der Waals surface area contributed by atoms with Crippen molar-refractivity contribution in [2.75, 3.05) is 0 Å². The highest BCUT2D eigenvalue weighted by atomic mass is 16.1. The normalized spacial score (nSPS) is 8.67. The Balaban J connectivity index is 0.000000561. The molecule has 1 heterocycles. The maximum absolute atomic E-state index is 10.8. The maximum Gasteiger partial charge on any atom is 0.251 e. The van der Waals surface area contributed by atoms with Crippen LogP contribution in [0.15, 0.2) is 10.9 Å². The molecule has 1 rings (SSSR count). The molecule has 0 aliphatic rings. The number of H-pyrrole nitrogens is 1. The van der Waals surface area contributed by atoms with Gasteiger partial charge in [0.1, 0.15) is 5.82 Å². The SMILES string of the molecule is CC.CCc1cc(=O)[nH]c(C)n1. The van der Waals surface area contributed by atoms with Crippen LogP contribution in [0.3, 0.4) is 0 Å². The average Bonchev–Trinajstić information content (AvgIpc) is 2.06. The van der Waals surface area contributed by atoms with Crippen LogP contribution < -0.4 is 5.56 Å². The van der Waals surface area contributed by atoms with Crippen LogP contribution >= 0.6 is 0 Å². The molecule has 1 aromatic rings. The third kappa shape index (κ3) is 3.32. The molecular formula is C9H16N2O. The highest BCUT2D eigenvalue weighted by Crippen LogP contribution is 1.89. The predicted octanol–water partition coefficient (Wildman–Crippen LogP) is 1.67. The molecule has 0 spiro atoms. The summed E-state index contributed by atoms with van der Waals surface area (Å²) < 4.78 is 0. The number of hydrogen-bond donors (Lipinski definition) is 1. The zero-order valence-electron chi connectivity index (χ0n) is 8.14. The number of aromatic nitrogens is 2. The first-order valence-corrected chi connectivity index (χ1v) is 4.29. The van der Waals surface area contributed by atoms with Gasteiger partial charge >= 0.3 is 0 Å². The van der Waals surface area contributed by atoms with Crippen molar-refractivity contribution in [2.24, 2.45) is 0 Å². The van der Waals surface area contributed by atoms with Gasteiger partial charge < -0.3 is 4.98 Å². The second kappa shape index (κ2) is 5.52. The fourth-order valence-corrected chi connectivity index (χ4v) is 0.822. The quantitative estimate of drug-likeness (QED) is 0.693. The van der Waals surface area contributed by atoms with E-state index >= 15 is 0 Å². The topological polar surface area (TPSA) is 45.8 Å². The van der Waals surface area contributed by atoms with Crippen molar-refractivity contribution < 1.29 is 0 Å². The third-order valence-corrected chi connectivity index (χ3v) is 1.28. The van der Waals surface area contributed by atoms with Crippen molar-refractivity contribution in [3.63, 3.8) is 0 Å². The van der Waals surface area contributed by atoms with Crippen LogP contribution in [-0.4, -0.2) is 9.97 Å². The first-order chi connectivity index (χ1) is 5.72. The van der Waals surface area contributed by atoms with Gasteiger partial charge in [0.15, 0.2) is 0 Å². The molecule has 68 valence electrons. The van der Waals surface area contributed by atoms with Crippen LogP contribution in [-0.2, 0) is 6.42 Å². The lowest BCUT2D eigenvalue weighted by atomic mass is 10.3. The molecule has 0 aliphatic heterocycles. The number of aromatic amines is 1. The van der Waals surface area contributed by atoms with Crippen molar-refractivity contribution in [3.05, 3.63) is 27.9 Å². The zero-order chi connectivity index (χ0) is 9.56. The number of nitrogens with zero attached hydrogens (tertiary/aromatic N) is 1. The molecule has 0 aromatic carbocycles. The van der Waals surface area contributed by atoms with E-state index in [2.05, 4.69) is 9.97 Å². The van der Waals surface area contributed by atoms with Crippen molar-refractivity contribution in [1.29, 1.82) is 0 Å². The van der Waals surface area contributed by atoms with Gasteiger partial charge in [-0.1, -0.05) is 20.8 Å². The first-order valence-electron chi connectivity index (χ1n) is 4.29. The zero-order valence-corrected chi connectivity index (χ0v) is 8.14. The molecule has 12 heavy (non-hydrogen) atoms. The number of hydrogen-bond acceptors (Lipinski definition) is 2. The molecular weight excluding hydrogens is 152 g/mol. The molecule has 3 nitrogen and oxygen atoms in total. The summed E-state index contributed by atoms with van der Waals surface area (Å²) in [6.07, 6.45) is 0.810. The molecule has 0 fully saturated rings. The minimum Gasteiger partial charge on any atom is -0.311 e. The number of rotatable bonds is 1. The number of nitrogens with one attached hydrogen (secondary N) is 1. The Bertz CT molecular complexity index is 278. The Hall–Kier alpha value is -1.12. The Morgan fingerprint density at radius 1 is 1.50 bits per heavy atom. The molecule has 1 aromatic heterocycles. The van der Waals surface area contributed by atoms with E-state index in [-0.39, 0.29) is 5.56 Å². The monoisotopic (exact) mass is 168 g/mol. The van der Waals surface area contributed by atoms with Gasteiger partial charge in [-0.2, -0.15) is 0 Å². The maximum atomic E-state index is 10.8. The molecule has 0 saturated carbocycles. The van der Waals surface area contributed by atoms with Crippen molar-refractivity contribution >= 4 is 0 Å². The van der Waals surface area contributed by atoms with E-state index in [0.29, 0.717) is 5.82 Å². The second-order valence-electron chi connectivity index (χ2n) is 2.18. The van der Waals surface area contributed by atoms with Crippen molar-refractivity contribution in [2.45, 2.75) is 34.1 Å². The Kier molecular flexibility index (Phi) is 5.00. The van der Waals surface area contributed by atoms with Crippen LogP contribution in [0.1, 0.15) is 32.3 Å². The van der Waals surface area contributed by atoms with E-state index < -0.39 is 0 Å². The standard InChI is InChI=1S/C7H10N2O.C2H6/c1-3-6-4-7(10)9-5(2)8-6;1-2/h4H,3H2,1-2H3,(H,8,9,10);1-2H3. The third-order valence-electron chi connectivity index (χ3n) is 1.28. The Morgan fingerprint density at radius 3 is 2.50 bits per heavy atom. The lowest BCUT2D eigenvalue weighted by Gasteiger charge is -1.94. The first kappa shape index (κ1) is 10.9. The van der Waals surface area contributed by atoms with Crippen LogP contribution in [0.5, 0.6) is 0 Å². The van der Waals surface area contributed by atoms with Crippen LogP contribution in [0.25, 0.3) is 0 Å². The van der Waals surface area contributed by atoms with Crippen molar-refractivity contribution in [3.8, 4) is 0 Å². The highest BCUT2D eigenvalue weighted by Gasteiger charge is 1.92. The van der Waals surface area contributed by atoms with Crippen LogP contribution in [0, 0.1) is 6.92 Å². The number of aryl methyl sites for hydroxylation is 2. The molecule has 0 bridgehead atoms. The van der Waals surface area contributed by atoms with Gasteiger partial charge in [0.2, 0.25) is 0 Å². The molecule has 0 saturated heterocycles. The minimum atomic E-state index is -0.0654. The van der Waals surface area contributed by atoms with E-state index in [1.807, 2.05) is 20.8 Å². The minimum absolute atomic E-state index is 0.0654. The van der Waals surface area contributed by atoms with Gasteiger partial charge in [0.05, 0.1) is 0 Å².